The van der Waals surface area contributed by atoms with Gasteiger partial charge in [0, 0.05) is 12.0 Å². The van der Waals surface area contributed by atoms with Crippen LogP contribution in [0.3, 0.4) is 0 Å². The number of rotatable bonds is 5. The third-order valence-corrected chi connectivity index (χ3v) is 4.60. The van der Waals surface area contributed by atoms with Gasteiger partial charge >= 0.3 is 11.7 Å². The van der Waals surface area contributed by atoms with E-state index in [1.807, 2.05) is 0 Å². The van der Waals surface area contributed by atoms with Crippen molar-refractivity contribution < 1.29 is 23.5 Å². The number of ether oxygens (including phenoxy) is 2. The summed E-state index contributed by atoms with van der Waals surface area (Å²) in [4.78, 5) is 36.8. The van der Waals surface area contributed by atoms with Gasteiger partial charge in [0.1, 0.15) is 11.8 Å². The van der Waals surface area contributed by atoms with Crippen molar-refractivity contribution in [1.82, 2.24) is 4.57 Å². The molecule has 7 nitrogen and oxygen atoms in total. The summed E-state index contributed by atoms with van der Waals surface area (Å²) in [6.07, 6.45) is 0.754. The Labute approximate surface area is 154 Å². The molecule has 0 saturated heterocycles. The average molecular weight is 367 g/mol. The van der Waals surface area contributed by atoms with Gasteiger partial charge in [-0.2, -0.15) is 0 Å². The molecule has 0 bridgehead atoms. The summed E-state index contributed by atoms with van der Waals surface area (Å²) in [6.45, 7) is 1.74. The van der Waals surface area contributed by atoms with E-state index in [-0.39, 0.29) is 5.78 Å². The van der Waals surface area contributed by atoms with Crippen LogP contribution in [0.4, 0.5) is 0 Å². The summed E-state index contributed by atoms with van der Waals surface area (Å²) in [7, 11) is 0. The molecule has 0 saturated carbocycles. The molecular weight excluding hydrogens is 350 g/mol. The molecule has 138 valence electrons. The number of esters is 1. The number of fused-ring (bicyclic) bond motifs is 2. The molecule has 1 aliphatic rings. The predicted octanol–water partition coefficient (Wildman–Crippen LogP) is 2.52. The fourth-order valence-corrected chi connectivity index (χ4v) is 3.16. The second-order valence-electron chi connectivity index (χ2n) is 6.33. The summed E-state index contributed by atoms with van der Waals surface area (Å²) < 4.78 is 16.9. The van der Waals surface area contributed by atoms with Crippen molar-refractivity contribution in [3.8, 4) is 5.75 Å². The zero-order valence-electron chi connectivity index (χ0n) is 14.6. The van der Waals surface area contributed by atoms with Crippen molar-refractivity contribution in [2.75, 3.05) is 13.2 Å². The molecule has 1 aromatic heterocycles. The highest BCUT2D eigenvalue weighted by Gasteiger charge is 2.24. The molecule has 0 spiro atoms. The number of hydrogen-bond acceptors (Lipinski definition) is 6. The Bertz CT molecular complexity index is 1090. The smallest absolute Gasteiger partial charge is 0.420 e. The standard InChI is InChI=1S/C20H17NO6/c1-12(21-15-4-2-3-5-18(15)27-20(21)24)19(23)26-11-16(22)13-6-7-17-14(10-13)8-9-25-17/h2-7,10,12H,8-9,11H2,1H3. The minimum atomic E-state index is -0.914. The molecule has 7 heteroatoms. The molecule has 0 fully saturated rings. The van der Waals surface area contributed by atoms with E-state index < -0.39 is 24.4 Å². The van der Waals surface area contributed by atoms with Crippen molar-refractivity contribution in [2.24, 2.45) is 0 Å². The van der Waals surface area contributed by atoms with Crippen molar-refractivity contribution in [3.63, 3.8) is 0 Å². The Hall–Kier alpha value is -3.35. The molecule has 0 radical (unpaired) electrons. The number of Topliss-reactive ketones (excluding diaryl/α,β-unsaturated/α-hetero) is 1. The summed E-state index contributed by atoms with van der Waals surface area (Å²) >= 11 is 0. The highest BCUT2D eigenvalue weighted by Crippen LogP contribution is 2.26. The topological polar surface area (TPSA) is 87.7 Å². The van der Waals surface area contributed by atoms with Crippen LogP contribution < -0.4 is 10.5 Å². The Kier molecular flexibility index (Phi) is 4.27. The van der Waals surface area contributed by atoms with E-state index in [9.17, 15) is 14.4 Å². The average Bonchev–Trinajstić information content (AvgIpc) is 3.27. The lowest BCUT2D eigenvalue weighted by Crippen LogP contribution is -2.27. The summed E-state index contributed by atoms with van der Waals surface area (Å²) in [5, 5.41) is 0. The third kappa shape index (κ3) is 3.12. The highest BCUT2D eigenvalue weighted by atomic mass is 16.5. The van der Waals surface area contributed by atoms with Crippen molar-refractivity contribution in [1.29, 1.82) is 0 Å². The number of aromatic nitrogens is 1. The lowest BCUT2D eigenvalue weighted by Gasteiger charge is -2.12. The second-order valence-corrected chi connectivity index (χ2v) is 6.33. The van der Waals surface area contributed by atoms with Crippen LogP contribution in [0.15, 0.2) is 51.7 Å². The van der Waals surface area contributed by atoms with Crippen molar-refractivity contribution in [3.05, 3.63) is 64.1 Å². The van der Waals surface area contributed by atoms with E-state index >= 15 is 0 Å². The van der Waals surface area contributed by atoms with Gasteiger partial charge in [0.05, 0.1) is 12.1 Å². The molecule has 2 heterocycles. The molecule has 3 aromatic rings. The lowest BCUT2D eigenvalue weighted by atomic mass is 10.1. The van der Waals surface area contributed by atoms with E-state index in [4.69, 9.17) is 13.9 Å². The first-order valence-electron chi connectivity index (χ1n) is 8.60. The maximum Gasteiger partial charge on any atom is 0.420 e. The van der Waals surface area contributed by atoms with Crippen LogP contribution in [-0.2, 0) is 16.0 Å². The largest absolute Gasteiger partial charge is 0.493 e. The quantitative estimate of drug-likeness (QED) is 0.509. The Balaban J connectivity index is 1.46. The third-order valence-electron chi connectivity index (χ3n) is 4.60. The van der Waals surface area contributed by atoms with Crippen LogP contribution in [-0.4, -0.2) is 29.5 Å². The molecule has 0 amide bonds. The van der Waals surface area contributed by atoms with Crippen molar-refractivity contribution in [2.45, 2.75) is 19.4 Å². The Morgan fingerprint density at radius 1 is 1.22 bits per heavy atom. The lowest BCUT2D eigenvalue weighted by molar-refractivity contribution is -0.146. The SMILES string of the molecule is CC(C(=O)OCC(=O)c1ccc2c(c1)CCO2)n1c(=O)oc2ccccc21. The minimum absolute atomic E-state index is 0.311. The predicted molar refractivity (Wildman–Crippen MR) is 96.1 cm³/mol. The van der Waals surface area contributed by atoms with E-state index in [2.05, 4.69) is 0 Å². The fraction of sp³-hybridized carbons (Fsp3) is 0.250. The van der Waals surface area contributed by atoms with Crippen LogP contribution >= 0.6 is 0 Å². The first-order chi connectivity index (χ1) is 13.0. The normalized spacial score (nSPS) is 13.8. The van der Waals surface area contributed by atoms with Gasteiger partial charge in [0.15, 0.2) is 18.0 Å². The van der Waals surface area contributed by atoms with Crippen LogP contribution in [0.1, 0.15) is 28.9 Å². The molecule has 27 heavy (non-hydrogen) atoms. The maximum atomic E-state index is 12.4. The molecule has 0 aliphatic carbocycles. The van der Waals surface area contributed by atoms with Gasteiger partial charge in [-0.05, 0) is 42.8 Å². The number of para-hydroxylation sites is 2. The van der Waals surface area contributed by atoms with Gasteiger partial charge in [0.2, 0.25) is 0 Å². The van der Waals surface area contributed by atoms with Gasteiger partial charge in [-0.3, -0.25) is 9.36 Å². The van der Waals surface area contributed by atoms with Crippen LogP contribution in [0.2, 0.25) is 0 Å². The molecule has 4 rings (SSSR count). The summed E-state index contributed by atoms with van der Waals surface area (Å²) in [5.41, 5.74) is 2.32. The van der Waals surface area contributed by atoms with E-state index in [0.29, 0.717) is 23.3 Å². The Morgan fingerprint density at radius 2 is 2.04 bits per heavy atom. The first kappa shape index (κ1) is 17.1. The van der Waals surface area contributed by atoms with Crippen LogP contribution in [0.5, 0.6) is 5.75 Å². The zero-order valence-corrected chi connectivity index (χ0v) is 14.6. The molecule has 1 unspecified atom stereocenters. The van der Waals surface area contributed by atoms with Crippen molar-refractivity contribution >= 4 is 22.9 Å². The minimum Gasteiger partial charge on any atom is -0.493 e. The first-order valence-corrected chi connectivity index (χ1v) is 8.60. The molecule has 1 aliphatic heterocycles. The highest BCUT2D eigenvalue weighted by molar-refractivity contribution is 5.98. The maximum absolute atomic E-state index is 12.4. The summed E-state index contributed by atoms with van der Waals surface area (Å²) in [6, 6.07) is 11.0. The number of carbonyl (C=O) groups excluding carboxylic acids is 2. The monoisotopic (exact) mass is 367 g/mol. The number of carbonyl (C=O) groups is 2. The number of ketones is 1. The summed E-state index contributed by atoms with van der Waals surface area (Å²) in [5.74, 6) is -0.856. The zero-order chi connectivity index (χ0) is 19.0. The van der Waals surface area contributed by atoms with E-state index in [0.717, 1.165) is 17.7 Å². The van der Waals surface area contributed by atoms with Gasteiger partial charge in [-0.15, -0.1) is 0 Å². The number of benzene rings is 2. The van der Waals surface area contributed by atoms with Gasteiger partial charge in [0.25, 0.3) is 0 Å². The Morgan fingerprint density at radius 3 is 2.89 bits per heavy atom. The van der Waals surface area contributed by atoms with Crippen LogP contribution in [0.25, 0.3) is 11.1 Å². The number of hydrogen-bond donors (Lipinski definition) is 0. The van der Waals surface area contributed by atoms with E-state index in [1.165, 1.54) is 11.5 Å². The molecule has 0 N–H and O–H groups in total. The number of oxazole rings is 1. The fourth-order valence-electron chi connectivity index (χ4n) is 3.16. The molecule has 1 atom stereocenters. The van der Waals surface area contributed by atoms with Gasteiger partial charge in [-0.1, -0.05) is 12.1 Å². The number of nitrogens with zero attached hydrogens (tertiary/aromatic N) is 1. The van der Waals surface area contributed by atoms with E-state index in [1.54, 1.807) is 42.5 Å². The molecular formula is C20H17NO6. The van der Waals surface area contributed by atoms with Gasteiger partial charge in [-0.25, -0.2) is 9.59 Å². The van der Waals surface area contributed by atoms with Crippen LogP contribution in [0, 0.1) is 0 Å². The molecule has 2 aromatic carbocycles. The second kappa shape index (κ2) is 6.75. The van der Waals surface area contributed by atoms with Gasteiger partial charge < -0.3 is 13.9 Å².